The number of hydrogen-bond donors (Lipinski definition) is 2. The minimum absolute atomic E-state index is 0.0640. The molecular weight excluding hydrogens is 268 g/mol. The van der Waals surface area contributed by atoms with E-state index in [-0.39, 0.29) is 5.69 Å². The number of hydrogen-bond acceptors (Lipinski definition) is 6. The molecule has 2 N–H and O–H groups in total. The smallest absolute Gasteiger partial charge is 0.283 e. The number of nitrogens with one attached hydrogen (secondary N) is 1. The number of aromatic amines is 1. The van der Waals surface area contributed by atoms with E-state index < -0.39 is 11.0 Å². The van der Waals surface area contributed by atoms with Crippen LogP contribution in [0.25, 0.3) is 0 Å². The topological polar surface area (TPSA) is 105 Å². The second-order valence-electron chi connectivity index (χ2n) is 3.97. The fraction of sp³-hybridized carbons (Fsp3) is 0.273. The number of H-pyrrole nitrogens is 1. The van der Waals surface area contributed by atoms with Crippen molar-refractivity contribution in [1.82, 2.24) is 15.2 Å². The molecule has 8 heteroatoms. The Morgan fingerprint density at radius 1 is 1.53 bits per heavy atom. The number of benzene rings is 1. The first-order valence-electron chi connectivity index (χ1n) is 5.50. The number of aliphatic hydroxyl groups is 1. The van der Waals surface area contributed by atoms with Crippen molar-refractivity contribution in [3.05, 3.63) is 39.7 Å². The van der Waals surface area contributed by atoms with E-state index in [1.165, 1.54) is 6.07 Å². The van der Waals surface area contributed by atoms with Crippen LogP contribution in [0.4, 0.5) is 5.69 Å². The van der Waals surface area contributed by atoms with Crippen molar-refractivity contribution in [2.45, 2.75) is 30.0 Å². The Hall–Kier alpha value is -1.93. The zero-order chi connectivity index (χ0) is 14.0. The molecule has 0 saturated heterocycles. The van der Waals surface area contributed by atoms with Gasteiger partial charge in [-0.2, -0.15) is 0 Å². The van der Waals surface area contributed by atoms with Gasteiger partial charge in [0.1, 0.15) is 5.82 Å². The molecule has 1 atom stereocenters. The Morgan fingerprint density at radius 2 is 2.26 bits per heavy atom. The molecule has 0 aliphatic carbocycles. The zero-order valence-corrected chi connectivity index (χ0v) is 11.1. The summed E-state index contributed by atoms with van der Waals surface area (Å²) in [6, 6.07) is 4.61. The highest BCUT2D eigenvalue weighted by Gasteiger charge is 2.18. The van der Waals surface area contributed by atoms with E-state index in [0.29, 0.717) is 21.4 Å². The molecule has 0 aliphatic rings. The number of nitro benzene ring substituents is 1. The van der Waals surface area contributed by atoms with Crippen LogP contribution in [0.5, 0.6) is 0 Å². The largest absolute Gasteiger partial charge is 0.389 e. The lowest BCUT2D eigenvalue weighted by Crippen LogP contribution is -1.96. The summed E-state index contributed by atoms with van der Waals surface area (Å²) in [6.07, 6.45) is -0.747. The van der Waals surface area contributed by atoms with E-state index >= 15 is 0 Å². The number of aliphatic hydroxyl groups excluding tert-OH is 1. The number of aromatic nitrogens is 3. The number of nitro groups is 1. The normalized spacial score (nSPS) is 12.4. The standard InChI is InChI=1S/C11H12N4O3S/c1-6(16)8-3-4-10(9(5-8)15(17)18)19-11-12-7(2)13-14-11/h3-6,16H,1-2H3,(H,12,13,14)/t6-/m0/s1. The maximum atomic E-state index is 11.1. The van der Waals surface area contributed by atoms with Crippen LogP contribution in [0.1, 0.15) is 24.4 Å². The zero-order valence-electron chi connectivity index (χ0n) is 10.3. The van der Waals surface area contributed by atoms with Crippen molar-refractivity contribution in [2.24, 2.45) is 0 Å². The molecule has 2 rings (SSSR count). The van der Waals surface area contributed by atoms with E-state index in [1.807, 2.05) is 0 Å². The van der Waals surface area contributed by atoms with Gasteiger partial charge in [0, 0.05) is 6.07 Å². The number of rotatable bonds is 4. The lowest BCUT2D eigenvalue weighted by atomic mass is 10.1. The molecule has 1 aromatic heterocycles. The van der Waals surface area contributed by atoms with Crippen LogP contribution >= 0.6 is 11.8 Å². The minimum atomic E-state index is -0.747. The van der Waals surface area contributed by atoms with Gasteiger partial charge >= 0.3 is 0 Å². The SMILES string of the molecule is Cc1nc(Sc2ccc([C@H](C)O)cc2[N+](=O)[O-])n[nH]1. The van der Waals surface area contributed by atoms with E-state index in [9.17, 15) is 15.2 Å². The van der Waals surface area contributed by atoms with Crippen molar-refractivity contribution in [3.63, 3.8) is 0 Å². The van der Waals surface area contributed by atoms with Gasteiger partial charge in [-0.1, -0.05) is 6.07 Å². The molecule has 19 heavy (non-hydrogen) atoms. The highest BCUT2D eigenvalue weighted by molar-refractivity contribution is 7.99. The van der Waals surface area contributed by atoms with Crippen LogP contribution in [0.15, 0.2) is 28.3 Å². The lowest BCUT2D eigenvalue weighted by molar-refractivity contribution is -0.387. The van der Waals surface area contributed by atoms with Gasteiger partial charge in [0.15, 0.2) is 0 Å². The van der Waals surface area contributed by atoms with Crippen LogP contribution in [0.2, 0.25) is 0 Å². The minimum Gasteiger partial charge on any atom is -0.389 e. The molecular formula is C11H12N4O3S. The van der Waals surface area contributed by atoms with Gasteiger partial charge < -0.3 is 5.11 Å². The maximum Gasteiger partial charge on any atom is 0.283 e. The quantitative estimate of drug-likeness (QED) is 0.657. The fourth-order valence-corrected chi connectivity index (χ4v) is 2.33. The summed E-state index contributed by atoms with van der Waals surface area (Å²) in [4.78, 5) is 15.1. The monoisotopic (exact) mass is 280 g/mol. The third-order valence-electron chi connectivity index (χ3n) is 2.44. The van der Waals surface area contributed by atoms with Gasteiger partial charge in [0.25, 0.3) is 5.69 Å². The summed E-state index contributed by atoms with van der Waals surface area (Å²) in [6.45, 7) is 3.31. The summed E-state index contributed by atoms with van der Waals surface area (Å²) in [5.74, 6) is 0.644. The summed E-state index contributed by atoms with van der Waals surface area (Å²) in [5, 5.41) is 27.5. The van der Waals surface area contributed by atoms with Gasteiger partial charge in [-0.05, 0) is 37.2 Å². The molecule has 0 spiro atoms. The summed E-state index contributed by atoms with van der Waals surface area (Å²) in [7, 11) is 0. The fourth-order valence-electron chi connectivity index (χ4n) is 1.49. The van der Waals surface area contributed by atoms with E-state index in [4.69, 9.17) is 0 Å². The molecule has 0 unspecified atom stereocenters. The molecule has 7 nitrogen and oxygen atoms in total. The molecule has 0 saturated carbocycles. The number of aryl methyl sites for hydroxylation is 1. The first-order chi connectivity index (χ1) is 8.97. The highest BCUT2D eigenvalue weighted by atomic mass is 32.2. The van der Waals surface area contributed by atoms with Crippen molar-refractivity contribution in [2.75, 3.05) is 0 Å². The second-order valence-corrected chi connectivity index (χ2v) is 4.97. The Bertz CT molecular complexity index is 612. The summed E-state index contributed by atoms with van der Waals surface area (Å²) in [5.41, 5.74) is 0.438. The lowest BCUT2D eigenvalue weighted by Gasteiger charge is -2.06. The predicted octanol–water partition coefficient (Wildman–Crippen LogP) is 2.23. The molecule has 0 bridgehead atoms. The Labute approximate surface area is 113 Å². The van der Waals surface area contributed by atoms with Crippen molar-refractivity contribution in [1.29, 1.82) is 0 Å². The molecule has 1 heterocycles. The molecule has 0 radical (unpaired) electrons. The van der Waals surface area contributed by atoms with Gasteiger partial charge in [0.2, 0.25) is 5.16 Å². The van der Waals surface area contributed by atoms with Gasteiger partial charge in [-0.25, -0.2) is 4.98 Å². The molecule has 0 fully saturated rings. The van der Waals surface area contributed by atoms with Crippen LogP contribution in [-0.4, -0.2) is 25.2 Å². The van der Waals surface area contributed by atoms with Crippen LogP contribution in [0.3, 0.4) is 0 Å². The molecule has 2 aromatic rings. The average molecular weight is 280 g/mol. The van der Waals surface area contributed by atoms with Gasteiger partial charge in [-0.15, -0.1) is 5.10 Å². The van der Waals surface area contributed by atoms with Crippen molar-refractivity contribution < 1.29 is 10.0 Å². The Kier molecular flexibility index (Phi) is 3.82. The first-order valence-corrected chi connectivity index (χ1v) is 6.32. The van der Waals surface area contributed by atoms with Crippen LogP contribution < -0.4 is 0 Å². The Morgan fingerprint density at radius 3 is 2.79 bits per heavy atom. The van der Waals surface area contributed by atoms with Crippen LogP contribution in [-0.2, 0) is 0 Å². The van der Waals surface area contributed by atoms with Gasteiger partial charge in [-0.3, -0.25) is 15.2 Å². The van der Waals surface area contributed by atoms with Crippen LogP contribution in [0, 0.1) is 17.0 Å². The highest BCUT2D eigenvalue weighted by Crippen LogP contribution is 2.34. The second kappa shape index (κ2) is 5.37. The van der Waals surface area contributed by atoms with Crippen molar-refractivity contribution in [3.8, 4) is 0 Å². The third-order valence-corrected chi connectivity index (χ3v) is 3.37. The molecule has 100 valence electrons. The maximum absolute atomic E-state index is 11.1. The van der Waals surface area contributed by atoms with Crippen molar-refractivity contribution >= 4 is 17.4 Å². The third kappa shape index (κ3) is 3.09. The Balaban J connectivity index is 2.36. The summed E-state index contributed by atoms with van der Waals surface area (Å²) < 4.78 is 0. The summed E-state index contributed by atoms with van der Waals surface area (Å²) >= 11 is 1.11. The molecule has 0 aliphatic heterocycles. The molecule has 0 amide bonds. The first kappa shape index (κ1) is 13.5. The van der Waals surface area contributed by atoms with E-state index in [1.54, 1.807) is 26.0 Å². The average Bonchev–Trinajstić information content (AvgIpc) is 2.74. The number of nitrogens with zero attached hydrogens (tertiary/aromatic N) is 3. The molecule has 1 aromatic carbocycles. The predicted molar refractivity (Wildman–Crippen MR) is 69.0 cm³/mol. The van der Waals surface area contributed by atoms with Gasteiger partial charge in [0.05, 0.1) is 15.9 Å². The van der Waals surface area contributed by atoms with E-state index in [2.05, 4.69) is 15.2 Å². The van der Waals surface area contributed by atoms with E-state index in [0.717, 1.165) is 11.8 Å².